The van der Waals surface area contributed by atoms with Crippen molar-refractivity contribution in [3.05, 3.63) is 18.2 Å². The Morgan fingerprint density at radius 1 is 1.50 bits per heavy atom. The molecule has 0 unspecified atom stereocenters. The highest BCUT2D eigenvalue weighted by Gasteiger charge is 2.05. The first kappa shape index (κ1) is 12.9. The first-order chi connectivity index (χ1) is 7.59. The van der Waals surface area contributed by atoms with Crippen molar-refractivity contribution < 1.29 is 4.79 Å². The van der Waals surface area contributed by atoms with Gasteiger partial charge in [0.15, 0.2) is 0 Å². The Labute approximate surface area is 97.1 Å². The largest absolute Gasteiger partial charge is 0.338 e. The minimum absolute atomic E-state index is 0.302. The smallest absolute Gasteiger partial charge is 0.134 e. The summed E-state index contributed by atoms with van der Waals surface area (Å²) in [6.45, 7) is 4.94. The highest BCUT2D eigenvalue weighted by atomic mass is 16.1. The molecule has 0 amide bonds. The van der Waals surface area contributed by atoms with Gasteiger partial charge in [-0.05, 0) is 0 Å². The van der Waals surface area contributed by atoms with Gasteiger partial charge in [0.25, 0.3) is 0 Å². The standard InChI is InChI=1S/C12H21N3O/c1-10(2)13-7-6-11(16)4-5-12-14-8-9-15(12)3/h8-10,13H,4-7H2,1-3H3. The predicted octanol–water partition coefficient (Wildman–Crippen LogP) is 1.31. The molecule has 4 heteroatoms. The van der Waals surface area contributed by atoms with Crippen molar-refractivity contribution in [1.29, 1.82) is 0 Å². The highest BCUT2D eigenvalue weighted by Crippen LogP contribution is 2.01. The van der Waals surface area contributed by atoms with Gasteiger partial charge in [-0.3, -0.25) is 4.79 Å². The van der Waals surface area contributed by atoms with Gasteiger partial charge in [0.2, 0.25) is 0 Å². The number of aromatic nitrogens is 2. The molecule has 0 aromatic carbocycles. The van der Waals surface area contributed by atoms with Crippen molar-refractivity contribution in [3.8, 4) is 0 Å². The van der Waals surface area contributed by atoms with Crippen molar-refractivity contribution in [1.82, 2.24) is 14.9 Å². The van der Waals surface area contributed by atoms with Gasteiger partial charge in [0.1, 0.15) is 11.6 Å². The Morgan fingerprint density at radius 2 is 2.25 bits per heavy atom. The molecule has 0 saturated carbocycles. The van der Waals surface area contributed by atoms with E-state index in [4.69, 9.17) is 0 Å². The van der Waals surface area contributed by atoms with Crippen LogP contribution in [0.25, 0.3) is 0 Å². The third-order valence-electron chi connectivity index (χ3n) is 2.50. The molecule has 0 aliphatic heterocycles. The molecule has 1 rings (SSSR count). The number of nitrogens with zero attached hydrogens (tertiary/aromatic N) is 2. The first-order valence-corrected chi connectivity index (χ1v) is 5.81. The Kier molecular flexibility index (Phi) is 5.19. The Balaban J connectivity index is 2.18. The van der Waals surface area contributed by atoms with Gasteiger partial charge in [-0.1, -0.05) is 13.8 Å². The number of hydrogen-bond acceptors (Lipinski definition) is 3. The zero-order valence-electron chi connectivity index (χ0n) is 10.4. The van der Waals surface area contributed by atoms with Crippen molar-refractivity contribution in [3.63, 3.8) is 0 Å². The van der Waals surface area contributed by atoms with Crippen LogP contribution in [0.3, 0.4) is 0 Å². The van der Waals surface area contributed by atoms with Crippen LogP contribution in [0.15, 0.2) is 12.4 Å². The predicted molar refractivity (Wildman–Crippen MR) is 64.3 cm³/mol. The molecule has 1 heterocycles. The summed E-state index contributed by atoms with van der Waals surface area (Å²) in [5.41, 5.74) is 0. The summed E-state index contributed by atoms with van der Waals surface area (Å²) in [5, 5.41) is 3.24. The summed E-state index contributed by atoms with van der Waals surface area (Å²) < 4.78 is 1.96. The van der Waals surface area contributed by atoms with Crippen LogP contribution in [-0.2, 0) is 18.3 Å². The topological polar surface area (TPSA) is 46.9 Å². The Hall–Kier alpha value is -1.16. The number of aryl methyl sites for hydroxylation is 2. The lowest BCUT2D eigenvalue weighted by molar-refractivity contribution is -0.119. The van der Waals surface area contributed by atoms with Crippen LogP contribution < -0.4 is 5.32 Å². The van der Waals surface area contributed by atoms with E-state index < -0.39 is 0 Å². The molecule has 1 aromatic heterocycles. The lowest BCUT2D eigenvalue weighted by atomic mass is 10.1. The molecule has 4 nitrogen and oxygen atoms in total. The average Bonchev–Trinajstić information content (AvgIpc) is 2.60. The summed E-state index contributed by atoms with van der Waals surface area (Å²) >= 11 is 0. The van der Waals surface area contributed by atoms with Gasteiger partial charge in [0.05, 0.1) is 0 Å². The minimum Gasteiger partial charge on any atom is -0.338 e. The normalized spacial score (nSPS) is 11.0. The van der Waals surface area contributed by atoms with Gasteiger partial charge in [0, 0.05) is 51.3 Å². The molecule has 0 spiro atoms. The van der Waals surface area contributed by atoms with Crippen LogP contribution in [0.2, 0.25) is 0 Å². The maximum absolute atomic E-state index is 11.6. The lowest BCUT2D eigenvalue weighted by Crippen LogP contribution is -2.25. The molecule has 90 valence electrons. The number of nitrogens with one attached hydrogen (secondary N) is 1. The van der Waals surface area contributed by atoms with E-state index in [2.05, 4.69) is 24.1 Å². The molecule has 16 heavy (non-hydrogen) atoms. The van der Waals surface area contributed by atoms with Crippen LogP contribution in [0.4, 0.5) is 0 Å². The molecule has 1 N–H and O–H groups in total. The van der Waals surface area contributed by atoms with Gasteiger partial charge in [-0.15, -0.1) is 0 Å². The molecule has 0 aliphatic carbocycles. The van der Waals surface area contributed by atoms with Gasteiger partial charge < -0.3 is 9.88 Å². The molecule has 0 bridgehead atoms. The zero-order valence-corrected chi connectivity index (χ0v) is 10.4. The number of hydrogen-bond donors (Lipinski definition) is 1. The number of Topliss-reactive ketones (excluding diaryl/α,β-unsaturated/α-hetero) is 1. The molecular weight excluding hydrogens is 202 g/mol. The quantitative estimate of drug-likeness (QED) is 0.758. The van der Waals surface area contributed by atoms with Crippen LogP contribution in [0.5, 0.6) is 0 Å². The highest BCUT2D eigenvalue weighted by molar-refractivity contribution is 5.78. The Morgan fingerprint density at radius 3 is 2.81 bits per heavy atom. The van der Waals surface area contributed by atoms with E-state index >= 15 is 0 Å². The van der Waals surface area contributed by atoms with Crippen molar-refractivity contribution in [2.24, 2.45) is 7.05 Å². The van der Waals surface area contributed by atoms with E-state index in [-0.39, 0.29) is 0 Å². The second-order valence-corrected chi connectivity index (χ2v) is 4.35. The number of carbonyl (C=O) groups is 1. The van der Waals surface area contributed by atoms with E-state index in [1.54, 1.807) is 6.20 Å². The van der Waals surface area contributed by atoms with Crippen LogP contribution >= 0.6 is 0 Å². The molecular formula is C12H21N3O. The fraction of sp³-hybridized carbons (Fsp3) is 0.667. The minimum atomic E-state index is 0.302. The van der Waals surface area contributed by atoms with Crippen molar-refractivity contribution in [2.75, 3.05) is 6.54 Å². The lowest BCUT2D eigenvalue weighted by Gasteiger charge is -2.07. The van der Waals surface area contributed by atoms with Crippen LogP contribution in [-0.4, -0.2) is 27.9 Å². The monoisotopic (exact) mass is 223 g/mol. The van der Waals surface area contributed by atoms with Gasteiger partial charge >= 0.3 is 0 Å². The number of carbonyl (C=O) groups excluding carboxylic acids is 1. The summed E-state index contributed by atoms with van der Waals surface area (Å²) in [6, 6.07) is 0.447. The number of imidazole rings is 1. The molecule has 1 aromatic rings. The van der Waals surface area contributed by atoms with Crippen LogP contribution in [0.1, 0.15) is 32.5 Å². The maximum Gasteiger partial charge on any atom is 0.134 e. The van der Waals surface area contributed by atoms with Crippen molar-refractivity contribution in [2.45, 2.75) is 39.2 Å². The SMILES string of the molecule is CC(C)NCCC(=O)CCc1nccn1C. The van der Waals surface area contributed by atoms with E-state index in [1.165, 1.54) is 0 Å². The molecule has 0 aliphatic rings. The van der Waals surface area contributed by atoms with Gasteiger partial charge in [-0.25, -0.2) is 4.98 Å². The molecule has 0 saturated heterocycles. The molecule has 0 fully saturated rings. The van der Waals surface area contributed by atoms with E-state index in [0.29, 0.717) is 24.7 Å². The summed E-state index contributed by atoms with van der Waals surface area (Å²) in [7, 11) is 1.95. The first-order valence-electron chi connectivity index (χ1n) is 5.81. The summed E-state index contributed by atoms with van der Waals surface area (Å²) in [6.07, 6.45) is 5.61. The Bertz CT molecular complexity index is 331. The van der Waals surface area contributed by atoms with E-state index in [0.717, 1.165) is 18.8 Å². The third kappa shape index (κ3) is 4.57. The average molecular weight is 223 g/mol. The number of rotatable bonds is 7. The fourth-order valence-corrected chi connectivity index (χ4v) is 1.51. The second kappa shape index (κ2) is 6.43. The van der Waals surface area contributed by atoms with E-state index in [1.807, 2.05) is 17.8 Å². The zero-order chi connectivity index (χ0) is 12.0. The number of ketones is 1. The second-order valence-electron chi connectivity index (χ2n) is 4.35. The van der Waals surface area contributed by atoms with E-state index in [9.17, 15) is 4.79 Å². The summed E-state index contributed by atoms with van der Waals surface area (Å²) in [5.74, 6) is 1.28. The summed E-state index contributed by atoms with van der Waals surface area (Å²) in [4.78, 5) is 15.7. The molecule has 0 radical (unpaired) electrons. The molecule has 0 atom stereocenters. The van der Waals surface area contributed by atoms with Gasteiger partial charge in [-0.2, -0.15) is 0 Å². The fourth-order valence-electron chi connectivity index (χ4n) is 1.51. The third-order valence-corrected chi connectivity index (χ3v) is 2.50. The van der Waals surface area contributed by atoms with Crippen molar-refractivity contribution >= 4 is 5.78 Å². The maximum atomic E-state index is 11.6. The van der Waals surface area contributed by atoms with Crippen LogP contribution in [0, 0.1) is 0 Å².